The first kappa shape index (κ1) is 13.5. The molecule has 1 amide bonds. The highest BCUT2D eigenvalue weighted by Crippen LogP contribution is 2.28. The number of aromatic nitrogens is 3. The molecule has 0 spiro atoms. The van der Waals surface area contributed by atoms with Gasteiger partial charge in [0.2, 0.25) is 0 Å². The molecule has 21 heavy (non-hydrogen) atoms. The molecule has 2 aromatic heterocycles. The Bertz CT molecular complexity index is 637. The van der Waals surface area contributed by atoms with Crippen LogP contribution in [0.5, 0.6) is 0 Å². The number of carbonyl (C=O) groups is 1. The molecule has 1 aliphatic carbocycles. The van der Waals surface area contributed by atoms with E-state index in [1.165, 1.54) is 13.2 Å². The van der Waals surface area contributed by atoms with Crippen LogP contribution in [0.4, 0.5) is 9.18 Å². The quantitative estimate of drug-likeness (QED) is 0.831. The van der Waals surface area contributed by atoms with Crippen LogP contribution in [0.1, 0.15) is 24.4 Å². The van der Waals surface area contributed by atoms with Crippen molar-refractivity contribution in [1.82, 2.24) is 20.2 Å². The van der Waals surface area contributed by atoms with Gasteiger partial charge in [0.1, 0.15) is 6.67 Å². The van der Waals surface area contributed by atoms with Crippen LogP contribution in [0.25, 0.3) is 11.6 Å². The highest BCUT2D eigenvalue weighted by atomic mass is 19.1. The lowest BCUT2D eigenvalue weighted by molar-refractivity contribution is 0.116. The highest BCUT2D eigenvalue weighted by molar-refractivity contribution is 5.68. The lowest BCUT2D eigenvalue weighted by Gasteiger charge is -2.18. The Morgan fingerprint density at radius 1 is 1.48 bits per heavy atom. The second-order valence-corrected chi connectivity index (χ2v) is 4.66. The fourth-order valence-electron chi connectivity index (χ4n) is 1.90. The maximum absolute atomic E-state index is 12.4. The number of carbonyl (C=O) groups excluding carboxylic acids is 1. The zero-order chi connectivity index (χ0) is 14.8. The van der Waals surface area contributed by atoms with Gasteiger partial charge in [0.15, 0.2) is 17.3 Å². The van der Waals surface area contributed by atoms with Crippen molar-refractivity contribution in [2.45, 2.75) is 32.1 Å². The Kier molecular flexibility index (Phi) is 3.55. The van der Waals surface area contributed by atoms with E-state index in [0.29, 0.717) is 5.82 Å². The van der Waals surface area contributed by atoms with Crippen molar-refractivity contribution in [2.24, 2.45) is 0 Å². The van der Waals surface area contributed by atoms with E-state index in [2.05, 4.69) is 15.3 Å². The molecule has 0 radical (unpaired) electrons. The number of halogens is 1. The summed E-state index contributed by atoms with van der Waals surface area (Å²) in [7, 11) is 1.33. The number of rotatable bonds is 5. The van der Waals surface area contributed by atoms with E-state index in [0.717, 1.165) is 12.8 Å². The van der Waals surface area contributed by atoms with Crippen LogP contribution in [0, 0.1) is 0 Å². The topological polar surface area (TPSA) is 94.5 Å². The Hall–Kier alpha value is -2.45. The third kappa shape index (κ3) is 2.86. The minimum atomic E-state index is -0.758. The van der Waals surface area contributed by atoms with Gasteiger partial charge in [0, 0.05) is 12.1 Å². The number of hydrogen-bond acceptors (Lipinski definition) is 7. The summed E-state index contributed by atoms with van der Waals surface area (Å²) in [6, 6.07) is 1.54. The van der Waals surface area contributed by atoms with Gasteiger partial charge in [-0.1, -0.05) is 10.3 Å². The predicted molar refractivity (Wildman–Crippen MR) is 65.6 cm³/mol. The van der Waals surface area contributed by atoms with Crippen LogP contribution in [0.2, 0.25) is 0 Å². The lowest BCUT2D eigenvalue weighted by Crippen LogP contribution is -2.32. The SMILES string of the molecule is COC(=O)N(Cc1noc(-c2cc(CF)on2)n1)C1CC1. The Balaban J connectivity index is 1.73. The zero-order valence-corrected chi connectivity index (χ0v) is 11.3. The van der Waals surface area contributed by atoms with E-state index < -0.39 is 12.8 Å². The van der Waals surface area contributed by atoms with E-state index in [9.17, 15) is 9.18 Å². The number of alkyl halides is 1. The van der Waals surface area contributed by atoms with Gasteiger partial charge in [-0.3, -0.25) is 4.90 Å². The molecule has 0 unspecified atom stereocenters. The van der Waals surface area contributed by atoms with Crippen LogP contribution < -0.4 is 0 Å². The average molecular weight is 296 g/mol. The van der Waals surface area contributed by atoms with Gasteiger partial charge >= 0.3 is 6.09 Å². The van der Waals surface area contributed by atoms with E-state index in [1.807, 2.05) is 0 Å². The lowest BCUT2D eigenvalue weighted by atomic mass is 10.4. The Labute approximate surface area is 118 Å². The first-order valence-electron chi connectivity index (χ1n) is 6.40. The summed E-state index contributed by atoms with van der Waals surface area (Å²) >= 11 is 0. The Morgan fingerprint density at radius 2 is 2.29 bits per heavy atom. The van der Waals surface area contributed by atoms with Crippen molar-refractivity contribution < 1.29 is 23.0 Å². The first-order chi connectivity index (χ1) is 10.2. The number of hydrogen-bond donors (Lipinski definition) is 0. The van der Waals surface area contributed by atoms with Crippen molar-refractivity contribution >= 4 is 6.09 Å². The standard InChI is InChI=1S/C12H13FN4O4/c1-19-12(18)17(7-2-3-7)6-10-14-11(21-16-10)9-4-8(5-13)20-15-9/h4,7H,2-3,5-6H2,1H3. The molecular weight excluding hydrogens is 283 g/mol. The summed E-state index contributed by atoms with van der Waals surface area (Å²) in [4.78, 5) is 17.3. The molecule has 2 aromatic rings. The Morgan fingerprint density at radius 3 is 2.90 bits per heavy atom. The second kappa shape index (κ2) is 5.51. The van der Waals surface area contributed by atoms with E-state index >= 15 is 0 Å². The fraction of sp³-hybridized carbons (Fsp3) is 0.500. The summed E-state index contributed by atoms with van der Waals surface area (Å²) in [6.45, 7) is -0.569. The molecule has 0 N–H and O–H groups in total. The maximum atomic E-state index is 12.4. The molecule has 3 rings (SSSR count). The van der Waals surface area contributed by atoms with E-state index in [1.54, 1.807) is 4.90 Å². The zero-order valence-electron chi connectivity index (χ0n) is 11.3. The molecule has 112 valence electrons. The van der Waals surface area contributed by atoms with Gasteiger partial charge in [-0.25, -0.2) is 9.18 Å². The van der Waals surface area contributed by atoms with E-state index in [4.69, 9.17) is 13.8 Å². The third-order valence-corrected chi connectivity index (χ3v) is 3.09. The number of ether oxygens (including phenoxy) is 1. The summed E-state index contributed by atoms with van der Waals surface area (Å²) in [5.41, 5.74) is 0.262. The van der Waals surface area contributed by atoms with Crippen LogP contribution in [-0.2, 0) is 18.0 Å². The van der Waals surface area contributed by atoms with Gasteiger partial charge < -0.3 is 13.8 Å². The summed E-state index contributed by atoms with van der Waals surface area (Å²) < 4.78 is 26.9. The first-order valence-corrected chi connectivity index (χ1v) is 6.40. The molecule has 8 nitrogen and oxygen atoms in total. The van der Waals surface area contributed by atoms with Crippen LogP contribution in [0.15, 0.2) is 15.1 Å². The normalized spacial score (nSPS) is 14.2. The third-order valence-electron chi connectivity index (χ3n) is 3.09. The monoisotopic (exact) mass is 296 g/mol. The van der Waals surface area contributed by atoms with Gasteiger partial charge in [-0.15, -0.1) is 0 Å². The molecule has 1 aliphatic rings. The second-order valence-electron chi connectivity index (χ2n) is 4.66. The van der Waals surface area contributed by atoms with Crippen molar-refractivity contribution in [2.75, 3.05) is 7.11 Å². The van der Waals surface area contributed by atoms with Gasteiger partial charge in [0.05, 0.1) is 13.7 Å². The highest BCUT2D eigenvalue weighted by Gasteiger charge is 2.34. The molecule has 9 heteroatoms. The molecule has 2 heterocycles. The van der Waals surface area contributed by atoms with Gasteiger partial charge in [0.25, 0.3) is 5.89 Å². The molecule has 0 saturated heterocycles. The minimum absolute atomic E-state index is 0.0823. The smallest absolute Gasteiger partial charge is 0.410 e. The number of amides is 1. The summed E-state index contributed by atoms with van der Waals surface area (Å²) in [5, 5.41) is 7.42. The van der Waals surface area contributed by atoms with Crippen molar-refractivity contribution in [3.05, 3.63) is 17.7 Å². The maximum Gasteiger partial charge on any atom is 0.410 e. The van der Waals surface area contributed by atoms with Crippen molar-refractivity contribution in [3.63, 3.8) is 0 Å². The van der Waals surface area contributed by atoms with Gasteiger partial charge in [-0.2, -0.15) is 4.98 Å². The molecule has 1 saturated carbocycles. The average Bonchev–Trinajstić information content (AvgIpc) is 3.04. The van der Waals surface area contributed by atoms with Crippen LogP contribution >= 0.6 is 0 Å². The van der Waals surface area contributed by atoms with Crippen LogP contribution in [-0.4, -0.2) is 39.4 Å². The number of nitrogens with zero attached hydrogens (tertiary/aromatic N) is 4. The van der Waals surface area contributed by atoms with Crippen molar-refractivity contribution in [1.29, 1.82) is 0 Å². The molecule has 0 atom stereocenters. The summed E-state index contributed by atoms with van der Waals surface area (Å²) in [6.07, 6.45) is 1.44. The van der Waals surface area contributed by atoms with E-state index in [-0.39, 0.29) is 29.9 Å². The molecule has 0 aliphatic heterocycles. The molecular formula is C12H13FN4O4. The molecule has 0 bridgehead atoms. The summed E-state index contributed by atoms with van der Waals surface area (Å²) in [5.74, 6) is 0.528. The van der Waals surface area contributed by atoms with Gasteiger partial charge in [-0.05, 0) is 12.8 Å². The largest absolute Gasteiger partial charge is 0.453 e. The number of methoxy groups -OCH3 is 1. The minimum Gasteiger partial charge on any atom is -0.453 e. The molecule has 0 aromatic carbocycles. The fourth-order valence-corrected chi connectivity index (χ4v) is 1.90. The predicted octanol–water partition coefficient (Wildman–Crippen LogP) is 1.92. The molecule has 1 fully saturated rings. The van der Waals surface area contributed by atoms with Crippen LogP contribution in [0.3, 0.4) is 0 Å². The van der Waals surface area contributed by atoms with Crippen molar-refractivity contribution in [3.8, 4) is 11.6 Å².